The molecule has 40 heavy (non-hydrogen) atoms. The minimum absolute atomic E-state index is 0. The van der Waals surface area contributed by atoms with Crippen LogP contribution in [0.25, 0.3) is 0 Å². The fourth-order valence-corrected chi connectivity index (χ4v) is 18.1. The lowest BCUT2D eigenvalue weighted by Crippen LogP contribution is -3.00. The van der Waals surface area contributed by atoms with Crippen LogP contribution in [0, 0.1) is 0 Å². The molecule has 0 aliphatic carbocycles. The molecule has 1 atom stereocenters. The summed E-state index contributed by atoms with van der Waals surface area (Å²) >= 11 is 0. The largest absolute Gasteiger partial charge is 1.00 e. The van der Waals surface area contributed by atoms with E-state index in [0.717, 1.165) is 30.0 Å². The average Bonchev–Trinajstić information content (AvgIpc) is 2.76. The Hall–Kier alpha value is 0.741. The highest BCUT2D eigenvalue weighted by Gasteiger charge is 2.39. The summed E-state index contributed by atoms with van der Waals surface area (Å²) in [6.45, 7) is 21.0. The molecule has 0 heterocycles. The highest BCUT2D eigenvalue weighted by atomic mass is 35.5. The van der Waals surface area contributed by atoms with Crippen molar-refractivity contribution in [2.24, 2.45) is 0 Å². The summed E-state index contributed by atoms with van der Waals surface area (Å²) in [6, 6.07) is 0.957. The zero-order chi connectivity index (χ0) is 29.8. The number of ether oxygens (including phenoxy) is 1. The normalized spacial score (nSPS) is 13.9. The van der Waals surface area contributed by atoms with Crippen molar-refractivity contribution >= 4 is 25.2 Å². The molecule has 0 aliphatic rings. The Bertz CT molecular complexity index is 570. The van der Waals surface area contributed by atoms with Crippen molar-refractivity contribution in [3.05, 3.63) is 0 Å². The first-order chi connectivity index (χ1) is 18.1. The molecule has 5 nitrogen and oxygen atoms in total. The fourth-order valence-electron chi connectivity index (χ4n) is 5.58. The lowest BCUT2D eigenvalue weighted by atomic mass is 10.0. The van der Waals surface area contributed by atoms with Crippen LogP contribution in [-0.4, -0.2) is 81.3 Å². The lowest BCUT2D eigenvalue weighted by Gasteiger charge is -2.38. The second-order valence-electron chi connectivity index (χ2n) is 14.8. The van der Waals surface area contributed by atoms with Gasteiger partial charge >= 0.3 is 8.56 Å². The first-order valence-corrected chi connectivity index (χ1v) is 25.9. The summed E-state index contributed by atoms with van der Waals surface area (Å²) in [5.74, 6) is 0. The molecule has 0 amide bonds. The predicted molar refractivity (Wildman–Crippen MR) is 179 cm³/mol. The van der Waals surface area contributed by atoms with Crippen molar-refractivity contribution in [1.82, 2.24) is 0 Å². The summed E-state index contributed by atoms with van der Waals surface area (Å²) < 4.78 is 19.9. The van der Waals surface area contributed by atoms with Gasteiger partial charge in [-0.05, 0) is 71.1 Å². The minimum atomic E-state index is -2.20. The Kier molecular flexibility index (Phi) is 24.8. The average molecular weight is 643 g/mol. The lowest BCUT2D eigenvalue weighted by molar-refractivity contribution is -0.893. The number of likely N-dealkylation sites (N-methyl/N-ethyl adjacent to an activating group) is 1. The molecule has 0 rings (SSSR count). The van der Waals surface area contributed by atoms with Crippen molar-refractivity contribution in [1.29, 1.82) is 0 Å². The van der Waals surface area contributed by atoms with Crippen molar-refractivity contribution in [3.63, 3.8) is 0 Å². The third-order valence-electron chi connectivity index (χ3n) is 7.10. The number of aliphatic hydroxyl groups is 1. The van der Waals surface area contributed by atoms with E-state index in [1.165, 1.54) is 89.9 Å². The molecule has 0 spiro atoms. The molecule has 0 saturated heterocycles. The third kappa shape index (κ3) is 28.8. The monoisotopic (exact) mass is 641 g/mol. The Morgan fingerprint density at radius 2 is 1.02 bits per heavy atom. The van der Waals surface area contributed by atoms with E-state index < -0.39 is 31.3 Å². The van der Waals surface area contributed by atoms with E-state index in [4.69, 9.17) is 13.0 Å². The van der Waals surface area contributed by atoms with Gasteiger partial charge in [0.1, 0.15) is 12.6 Å². The molecule has 1 unspecified atom stereocenters. The maximum Gasteiger partial charge on any atom is 0.314 e. The van der Waals surface area contributed by atoms with Gasteiger partial charge in [0.2, 0.25) is 0 Å². The van der Waals surface area contributed by atoms with E-state index in [1.54, 1.807) is 0 Å². The molecule has 9 heteroatoms. The highest BCUT2D eigenvalue weighted by Crippen LogP contribution is 2.25. The van der Waals surface area contributed by atoms with E-state index >= 15 is 0 Å². The second-order valence-corrected chi connectivity index (χ2v) is 27.7. The van der Waals surface area contributed by atoms with Gasteiger partial charge in [-0.1, -0.05) is 84.0 Å². The minimum Gasteiger partial charge on any atom is -1.00 e. The van der Waals surface area contributed by atoms with Crippen LogP contribution < -0.4 is 12.4 Å². The topological polar surface area (TPSA) is 47.9 Å². The van der Waals surface area contributed by atoms with Gasteiger partial charge in [0, 0.05) is 6.61 Å². The number of aliphatic hydroxyl groups excluding tert-OH is 1. The molecule has 0 aliphatic heterocycles. The van der Waals surface area contributed by atoms with E-state index in [9.17, 15) is 5.11 Å². The number of unbranched alkanes of at least 4 members (excludes halogenated alkanes) is 13. The Morgan fingerprint density at radius 3 is 1.43 bits per heavy atom. The van der Waals surface area contributed by atoms with Gasteiger partial charge < -0.3 is 35.0 Å². The summed E-state index contributed by atoms with van der Waals surface area (Å²) in [5.41, 5.74) is 0. The summed E-state index contributed by atoms with van der Waals surface area (Å²) in [5, 5.41) is 10.6. The third-order valence-corrected chi connectivity index (χ3v) is 16.7. The van der Waals surface area contributed by atoms with Crippen molar-refractivity contribution < 1.29 is 35.0 Å². The molecular weight excluding hydrogens is 570 g/mol. The quantitative estimate of drug-likeness (QED) is 0.0670. The van der Waals surface area contributed by atoms with Crippen LogP contribution in [0.3, 0.4) is 0 Å². The Labute approximate surface area is 261 Å². The van der Waals surface area contributed by atoms with Gasteiger partial charge in [-0.3, -0.25) is 0 Å². The first kappa shape index (κ1) is 42.9. The van der Waals surface area contributed by atoms with E-state index in [-0.39, 0.29) is 12.4 Å². The highest BCUT2D eigenvalue weighted by molar-refractivity contribution is 6.87. The number of quaternary nitrogens is 1. The predicted octanol–water partition coefficient (Wildman–Crippen LogP) is 6.09. The molecule has 1 N–H and O–H groups in total. The van der Waals surface area contributed by atoms with Gasteiger partial charge in [0.05, 0.1) is 27.2 Å². The van der Waals surface area contributed by atoms with Crippen molar-refractivity contribution in [2.75, 3.05) is 40.4 Å². The van der Waals surface area contributed by atoms with E-state index in [0.29, 0.717) is 13.2 Å². The molecule has 244 valence electrons. The SMILES string of the molecule is CCCCCCCCCCCCCCCC[N+](C)(C)CC(O)COCCC[Si](C)(O[Si](C)(C)C)O[Si](C)(C)C.[Cl-]. The van der Waals surface area contributed by atoms with Gasteiger partial charge in [-0.25, -0.2) is 0 Å². The first-order valence-electron chi connectivity index (χ1n) is 16.6. The zero-order valence-corrected chi connectivity index (χ0v) is 32.5. The number of rotatable bonds is 27. The molecular formula is C31H72ClNO4Si3. The van der Waals surface area contributed by atoms with E-state index in [2.05, 4.69) is 66.8 Å². The van der Waals surface area contributed by atoms with Crippen LogP contribution in [0.2, 0.25) is 51.9 Å². The number of nitrogens with zero attached hydrogens (tertiary/aromatic N) is 1. The molecule has 0 aromatic rings. The van der Waals surface area contributed by atoms with Crippen molar-refractivity contribution in [2.45, 2.75) is 161 Å². The van der Waals surface area contributed by atoms with Gasteiger partial charge in [0.25, 0.3) is 0 Å². The molecule has 0 aromatic heterocycles. The Morgan fingerprint density at radius 1 is 0.625 bits per heavy atom. The maximum absolute atomic E-state index is 10.6. The maximum atomic E-state index is 10.6. The molecule has 0 saturated carbocycles. The van der Waals surface area contributed by atoms with Crippen LogP contribution in [0.5, 0.6) is 0 Å². The number of halogens is 1. The second kappa shape index (κ2) is 23.2. The van der Waals surface area contributed by atoms with Crippen LogP contribution in [0.15, 0.2) is 0 Å². The van der Waals surface area contributed by atoms with Gasteiger partial charge in [-0.15, -0.1) is 0 Å². The van der Waals surface area contributed by atoms with Crippen LogP contribution in [-0.2, 0) is 13.0 Å². The number of hydrogen-bond donors (Lipinski definition) is 1. The number of hydrogen-bond acceptors (Lipinski definition) is 4. The summed E-state index contributed by atoms with van der Waals surface area (Å²) in [4.78, 5) is 0. The molecule has 0 bridgehead atoms. The van der Waals surface area contributed by atoms with Gasteiger partial charge in [-0.2, -0.15) is 0 Å². The van der Waals surface area contributed by atoms with Gasteiger partial charge in [0.15, 0.2) is 16.6 Å². The fraction of sp³-hybridized carbons (Fsp3) is 1.00. The van der Waals surface area contributed by atoms with E-state index in [1.807, 2.05) is 0 Å². The summed E-state index contributed by atoms with van der Waals surface area (Å²) in [6.07, 6.45) is 20.0. The van der Waals surface area contributed by atoms with Crippen molar-refractivity contribution in [3.8, 4) is 0 Å². The Balaban J connectivity index is 0. The van der Waals surface area contributed by atoms with Crippen LogP contribution in [0.1, 0.15) is 103 Å². The van der Waals surface area contributed by atoms with Crippen LogP contribution >= 0.6 is 0 Å². The summed E-state index contributed by atoms with van der Waals surface area (Å²) in [7, 11) is -1.04. The van der Waals surface area contributed by atoms with Crippen LogP contribution in [0.4, 0.5) is 0 Å². The molecule has 0 fully saturated rings. The smallest absolute Gasteiger partial charge is 0.314 e. The standard InChI is InChI=1S/C31H72NO4Si3.ClH/c1-11-12-13-14-15-16-17-18-19-20-21-22-23-24-26-32(2,3)29-31(33)30-34-27-25-28-39(10,35-37(4,5)6)36-38(7,8)9;/h31,33H,11-30H2,1-10H3;1H/q+1;/p-1. The molecule has 0 aromatic carbocycles. The zero-order valence-electron chi connectivity index (χ0n) is 28.7. The molecule has 0 radical (unpaired) electrons.